The fourth-order valence-electron chi connectivity index (χ4n) is 2.03. The quantitative estimate of drug-likeness (QED) is 0.865. The number of hydrogen-bond acceptors (Lipinski definition) is 2. The third-order valence-electron chi connectivity index (χ3n) is 3.00. The van der Waals surface area contributed by atoms with Crippen LogP contribution in [0.5, 0.6) is 0 Å². The zero-order valence-electron chi connectivity index (χ0n) is 10.6. The molecule has 0 spiro atoms. The number of carbonyl (C=O) groups excluding carboxylic acids is 1. The lowest BCUT2D eigenvalue weighted by Gasteiger charge is -2.33. The van der Waals surface area contributed by atoms with Crippen molar-refractivity contribution >= 4 is 17.6 Å². The molecule has 1 heterocycles. The second kappa shape index (κ2) is 6.59. The lowest BCUT2D eigenvalue weighted by molar-refractivity contribution is -0.0152. The van der Waals surface area contributed by atoms with Crippen LogP contribution in [0, 0.1) is 0 Å². The minimum absolute atomic E-state index is 0.0970. The SMILES string of the molecule is C=CCNC(=O)N1CCOC(c2ccccc2Cl)C1. The van der Waals surface area contributed by atoms with Gasteiger partial charge in [0.15, 0.2) is 0 Å². The van der Waals surface area contributed by atoms with Gasteiger partial charge in [0, 0.05) is 23.7 Å². The van der Waals surface area contributed by atoms with Crippen molar-refractivity contribution < 1.29 is 9.53 Å². The van der Waals surface area contributed by atoms with E-state index in [0.29, 0.717) is 31.3 Å². The molecule has 2 rings (SSSR count). The minimum atomic E-state index is -0.170. The van der Waals surface area contributed by atoms with Crippen LogP contribution in [0.1, 0.15) is 11.7 Å². The number of morpholine rings is 1. The molecule has 1 fully saturated rings. The van der Waals surface area contributed by atoms with E-state index in [1.165, 1.54) is 0 Å². The zero-order valence-corrected chi connectivity index (χ0v) is 11.4. The summed E-state index contributed by atoms with van der Waals surface area (Å²) in [6.45, 7) is 5.65. The molecule has 2 amide bonds. The average molecular weight is 281 g/mol. The summed E-state index contributed by atoms with van der Waals surface area (Å²) in [5.41, 5.74) is 0.922. The monoisotopic (exact) mass is 280 g/mol. The summed E-state index contributed by atoms with van der Waals surface area (Å²) < 4.78 is 5.70. The molecule has 1 aliphatic heterocycles. The normalized spacial score (nSPS) is 19.0. The van der Waals surface area contributed by atoms with Crippen LogP contribution in [0.2, 0.25) is 5.02 Å². The van der Waals surface area contributed by atoms with Crippen molar-refractivity contribution in [2.24, 2.45) is 0 Å². The highest BCUT2D eigenvalue weighted by Crippen LogP contribution is 2.28. The van der Waals surface area contributed by atoms with Crippen molar-refractivity contribution in [3.8, 4) is 0 Å². The van der Waals surface area contributed by atoms with Crippen LogP contribution in [0.4, 0.5) is 4.79 Å². The maximum atomic E-state index is 11.9. The molecule has 1 aliphatic rings. The minimum Gasteiger partial charge on any atom is -0.370 e. The first-order valence-corrected chi connectivity index (χ1v) is 6.60. The predicted octanol–water partition coefficient (Wildman–Crippen LogP) is 2.61. The second-order valence-electron chi connectivity index (χ2n) is 4.30. The highest BCUT2D eigenvalue weighted by Gasteiger charge is 2.26. The Labute approximate surface area is 118 Å². The molecule has 1 saturated heterocycles. The molecule has 0 saturated carbocycles. The van der Waals surface area contributed by atoms with Crippen molar-refractivity contribution in [2.75, 3.05) is 26.2 Å². The summed E-state index contributed by atoms with van der Waals surface area (Å²) in [5, 5.41) is 3.44. The molecule has 102 valence electrons. The number of urea groups is 1. The molecular weight excluding hydrogens is 264 g/mol. The number of carbonyl (C=O) groups is 1. The fraction of sp³-hybridized carbons (Fsp3) is 0.357. The van der Waals surface area contributed by atoms with Gasteiger partial charge in [0.2, 0.25) is 0 Å². The van der Waals surface area contributed by atoms with Gasteiger partial charge in [0.25, 0.3) is 0 Å². The van der Waals surface area contributed by atoms with Crippen LogP contribution in [-0.4, -0.2) is 37.2 Å². The number of nitrogens with one attached hydrogen (secondary N) is 1. The number of rotatable bonds is 3. The summed E-state index contributed by atoms with van der Waals surface area (Å²) >= 11 is 6.16. The number of ether oxygens (including phenoxy) is 1. The fourth-order valence-corrected chi connectivity index (χ4v) is 2.29. The molecule has 0 radical (unpaired) electrons. The van der Waals surface area contributed by atoms with Gasteiger partial charge in [-0.2, -0.15) is 0 Å². The Morgan fingerprint density at radius 2 is 2.37 bits per heavy atom. The van der Waals surface area contributed by atoms with Gasteiger partial charge in [-0.25, -0.2) is 4.79 Å². The zero-order chi connectivity index (χ0) is 13.7. The van der Waals surface area contributed by atoms with Gasteiger partial charge >= 0.3 is 6.03 Å². The lowest BCUT2D eigenvalue weighted by atomic mass is 10.1. The van der Waals surface area contributed by atoms with E-state index in [9.17, 15) is 4.79 Å². The van der Waals surface area contributed by atoms with E-state index in [2.05, 4.69) is 11.9 Å². The number of nitrogens with zero attached hydrogens (tertiary/aromatic N) is 1. The first-order valence-electron chi connectivity index (χ1n) is 6.22. The first kappa shape index (κ1) is 13.9. The molecule has 0 aliphatic carbocycles. The average Bonchev–Trinajstić information content (AvgIpc) is 2.45. The second-order valence-corrected chi connectivity index (χ2v) is 4.71. The van der Waals surface area contributed by atoms with Crippen molar-refractivity contribution in [3.05, 3.63) is 47.5 Å². The summed E-state index contributed by atoms with van der Waals surface area (Å²) in [7, 11) is 0. The third kappa shape index (κ3) is 3.49. The third-order valence-corrected chi connectivity index (χ3v) is 3.35. The van der Waals surface area contributed by atoms with Gasteiger partial charge in [-0.3, -0.25) is 0 Å². The van der Waals surface area contributed by atoms with E-state index in [-0.39, 0.29) is 12.1 Å². The van der Waals surface area contributed by atoms with Crippen molar-refractivity contribution in [1.82, 2.24) is 10.2 Å². The summed E-state index contributed by atoms with van der Waals surface area (Å²) in [4.78, 5) is 13.6. The molecule has 1 N–H and O–H groups in total. The van der Waals surface area contributed by atoms with E-state index in [1.54, 1.807) is 11.0 Å². The molecule has 5 heteroatoms. The van der Waals surface area contributed by atoms with Crippen LogP contribution < -0.4 is 5.32 Å². The van der Waals surface area contributed by atoms with E-state index in [0.717, 1.165) is 5.56 Å². The molecule has 1 atom stereocenters. The number of hydrogen-bond donors (Lipinski definition) is 1. The maximum absolute atomic E-state index is 11.9. The Morgan fingerprint density at radius 3 is 3.11 bits per heavy atom. The van der Waals surface area contributed by atoms with E-state index in [1.807, 2.05) is 24.3 Å². The highest BCUT2D eigenvalue weighted by molar-refractivity contribution is 6.31. The lowest BCUT2D eigenvalue weighted by Crippen LogP contribution is -2.47. The Hall–Kier alpha value is -1.52. The summed E-state index contributed by atoms with van der Waals surface area (Å²) in [6, 6.07) is 7.46. The van der Waals surface area contributed by atoms with Crippen LogP contribution in [0.3, 0.4) is 0 Å². The van der Waals surface area contributed by atoms with Gasteiger partial charge in [-0.1, -0.05) is 35.9 Å². The Balaban J connectivity index is 2.03. The van der Waals surface area contributed by atoms with Crippen LogP contribution in [-0.2, 0) is 4.74 Å². The van der Waals surface area contributed by atoms with Gasteiger partial charge in [0.05, 0.1) is 13.2 Å². The summed E-state index contributed by atoms with van der Waals surface area (Å²) in [6.07, 6.45) is 1.49. The van der Waals surface area contributed by atoms with Gasteiger partial charge in [0.1, 0.15) is 6.10 Å². The first-order chi connectivity index (χ1) is 9.22. The standard InChI is InChI=1S/C14H17ClN2O2/c1-2-7-16-14(18)17-8-9-19-13(10-17)11-5-3-4-6-12(11)15/h2-6,13H,1,7-10H2,(H,16,18). The van der Waals surface area contributed by atoms with E-state index >= 15 is 0 Å². The molecule has 4 nitrogen and oxygen atoms in total. The largest absolute Gasteiger partial charge is 0.370 e. The molecule has 19 heavy (non-hydrogen) atoms. The van der Waals surface area contributed by atoms with Gasteiger partial charge in [-0.15, -0.1) is 6.58 Å². The molecule has 0 aromatic heterocycles. The Morgan fingerprint density at radius 1 is 1.58 bits per heavy atom. The Bertz CT molecular complexity index is 465. The Kier molecular flexibility index (Phi) is 4.82. The molecule has 1 aromatic carbocycles. The van der Waals surface area contributed by atoms with Crippen molar-refractivity contribution in [2.45, 2.75) is 6.10 Å². The highest BCUT2D eigenvalue weighted by atomic mass is 35.5. The molecule has 0 bridgehead atoms. The predicted molar refractivity (Wildman–Crippen MR) is 75.3 cm³/mol. The number of halogens is 1. The van der Waals surface area contributed by atoms with E-state index < -0.39 is 0 Å². The van der Waals surface area contributed by atoms with E-state index in [4.69, 9.17) is 16.3 Å². The smallest absolute Gasteiger partial charge is 0.317 e. The van der Waals surface area contributed by atoms with Crippen LogP contribution >= 0.6 is 11.6 Å². The number of benzene rings is 1. The van der Waals surface area contributed by atoms with Crippen molar-refractivity contribution in [1.29, 1.82) is 0 Å². The summed E-state index contributed by atoms with van der Waals surface area (Å²) in [5.74, 6) is 0. The molecule has 1 aromatic rings. The topological polar surface area (TPSA) is 41.6 Å². The number of amides is 2. The van der Waals surface area contributed by atoms with Gasteiger partial charge in [-0.05, 0) is 6.07 Å². The maximum Gasteiger partial charge on any atom is 0.317 e. The molecular formula is C14H17ClN2O2. The van der Waals surface area contributed by atoms with Crippen molar-refractivity contribution in [3.63, 3.8) is 0 Å². The van der Waals surface area contributed by atoms with Crippen LogP contribution in [0.15, 0.2) is 36.9 Å². The molecule has 1 unspecified atom stereocenters. The van der Waals surface area contributed by atoms with Gasteiger partial charge < -0.3 is 15.0 Å². The van der Waals surface area contributed by atoms with Crippen LogP contribution in [0.25, 0.3) is 0 Å².